The molecule has 6 heteroatoms. The Hall–Kier alpha value is -3.80. The molecule has 2 aromatic heterocycles. The highest BCUT2D eigenvalue weighted by Gasteiger charge is 2.24. The number of pyridine rings is 1. The second kappa shape index (κ2) is 8.75. The molecule has 32 heavy (non-hydrogen) atoms. The number of anilines is 1. The van der Waals surface area contributed by atoms with Gasteiger partial charge in [-0.3, -0.25) is 4.79 Å². The van der Waals surface area contributed by atoms with Gasteiger partial charge in [-0.1, -0.05) is 36.4 Å². The third kappa shape index (κ3) is 4.04. The fraction of sp³-hybridized carbons (Fsp3) is 0.231. The molecular weight excluding hydrogens is 402 g/mol. The monoisotopic (exact) mass is 427 g/mol. The van der Waals surface area contributed by atoms with E-state index < -0.39 is 0 Å². The largest absolute Gasteiger partial charge is 0.487 e. The Morgan fingerprint density at radius 3 is 2.59 bits per heavy atom. The first-order valence-electron chi connectivity index (χ1n) is 10.8. The van der Waals surface area contributed by atoms with Gasteiger partial charge in [0.2, 0.25) is 0 Å². The van der Waals surface area contributed by atoms with Crippen molar-refractivity contribution in [1.29, 1.82) is 0 Å². The van der Waals surface area contributed by atoms with Crippen LogP contribution in [0.4, 0.5) is 5.82 Å². The van der Waals surface area contributed by atoms with E-state index in [9.17, 15) is 4.79 Å². The minimum Gasteiger partial charge on any atom is -0.487 e. The number of ether oxygens (including phenoxy) is 1. The first-order valence-corrected chi connectivity index (χ1v) is 10.8. The smallest absolute Gasteiger partial charge is 0.289 e. The highest BCUT2D eigenvalue weighted by molar-refractivity contribution is 5.91. The predicted octanol–water partition coefficient (Wildman–Crippen LogP) is 4.68. The van der Waals surface area contributed by atoms with E-state index in [1.807, 2.05) is 41.3 Å². The molecule has 0 saturated carbocycles. The molecule has 1 fully saturated rings. The summed E-state index contributed by atoms with van der Waals surface area (Å²) in [5.74, 6) is 2.00. The summed E-state index contributed by atoms with van der Waals surface area (Å²) in [4.78, 5) is 21.5. The number of hydrogen-bond donors (Lipinski definition) is 0. The van der Waals surface area contributed by atoms with Gasteiger partial charge in [0.15, 0.2) is 5.76 Å². The number of carbonyl (C=O) groups excluding carboxylic acids is 1. The Morgan fingerprint density at radius 2 is 1.81 bits per heavy atom. The van der Waals surface area contributed by atoms with Gasteiger partial charge < -0.3 is 19.0 Å². The third-order valence-electron chi connectivity index (χ3n) is 5.94. The molecule has 162 valence electrons. The minimum atomic E-state index is -0.0620. The van der Waals surface area contributed by atoms with E-state index in [2.05, 4.69) is 30.0 Å². The molecule has 6 nitrogen and oxygen atoms in total. The van der Waals surface area contributed by atoms with E-state index in [1.54, 1.807) is 12.1 Å². The molecule has 0 atom stereocenters. The van der Waals surface area contributed by atoms with Gasteiger partial charge in [-0.05, 0) is 48.4 Å². The molecule has 0 unspecified atom stereocenters. The number of fused-ring (bicyclic) bond motifs is 1. The van der Waals surface area contributed by atoms with Gasteiger partial charge in [-0.15, -0.1) is 0 Å². The maximum Gasteiger partial charge on any atom is 0.289 e. The molecule has 1 aliphatic heterocycles. The van der Waals surface area contributed by atoms with E-state index in [4.69, 9.17) is 14.1 Å². The van der Waals surface area contributed by atoms with Crippen LogP contribution in [0, 0.1) is 6.92 Å². The van der Waals surface area contributed by atoms with Crippen molar-refractivity contribution >= 4 is 22.6 Å². The van der Waals surface area contributed by atoms with Crippen LogP contribution in [0.15, 0.2) is 77.4 Å². The van der Waals surface area contributed by atoms with E-state index in [1.165, 1.54) is 11.8 Å². The molecule has 4 aromatic rings. The summed E-state index contributed by atoms with van der Waals surface area (Å²) in [5.41, 5.74) is 3.23. The van der Waals surface area contributed by atoms with Gasteiger partial charge in [-0.25, -0.2) is 4.98 Å². The Bertz CT molecular complexity index is 1230. The van der Waals surface area contributed by atoms with Crippen molar-refractivity contribution in [1.82, 2.24) is 9.88 Å². The summed E-state index contributed by atoms with van der Waals surface area (Å²) in [6.45, 7) is 5.30. The van der Waals surface area contributed by atoms with Crippen molar-refractivity contribution in [3.63, 3.8) is 0 Å². The molecule has 0 spiro atoms. The summed E-state index contributed by atoms with van der Waals surface area (Å²) in [5, 5.41) is 1.04. The van der Waals surface area contributed by atoms with Crippen LogP contribution in [0.25, 0.3) is 10.9 Å². The summed E-state index contributed by atoms with van der Waals surface area (Å²) < 4.78 is 11.4. The van der Waals surface area contributed by atoms with Crippen molar-refractivity contribution < 1.29 is 13.9 Å². The molecule has 3 heterocycles. The molecule has 0 radical (unpaired) electrons. The topological polar surface area (TPSA) is 58.8 Å². The fourth-order valence-corrected chi connectivity index (χ4v) is 4.02. The standard InChI is InChI=1S/C26H25N3O3/c1-19-6-2-3-7-21(19)18-32-22-9-4-8-20-11-12-24(27-25(20)22)28-13-15-29(16-14-28)26(30)23-10-5-17-31-23/h2-12,17H,13-16,18H2,1H3. The molecule has 0 aliphatic carbocycles. The zero-order chi connectivity index (χ0) is 21.9. The number of rotatable bonds is 5. The van der Waals surface area contributed by atoms with E-state index in [0.717, 1.165) is 41.1 Å². The minimum absolute atomic E-state index is 0.0620. The van der Waals surface area contributed by atoms with Gasteiger partial charge in [0.25, 0.3) is 5.91 Å². The van der Waals surface area contributed by atoms with Crippen LogP contribution in [0.1, 0.15) is 21.7 Å². The lowest BCUT2D eigenvalue weighted by molar-refractivity contribution is 0.0714. The molecular formula is C26H25N3O3. The van der Waals surface area contributed by atoms with Crippen LogP contribution in [0.3, 0.4) is 0 Å². The molecule has 0 N–H and O–H groups in total. The number of hydrogen-bond acceptors (Lipinski definition) is 5. The first-order chi connectivity index (χ1) is 15.7. The molecule has 5 rings (SSSR count). The molecule has 2 aromatic carbocycles. The Kier molecular flexibility index (Phi) is 5.50. The van der Waals surface area contributed by atoms with E-state index in [0.29, 0.717) is 25.5 Å². The number of aryl methyl sites for hydroxylation is 1. The van der Waals surface area contributed by atoms with Gasteiger partial charge in [0.05, 0.1) is 6.26 Å². The Balaban J connectivity index is 1.32. The zero-order valence-electron chi connectivity index (χ0n) is 18.0. The highest BCUT2D eigenvalue weighted by atomic mass is 16.5. The van der Waals surface area contributed by atoms with Crippen LogP contribution >= 0.6 is 0 Å². The number of carbonyl (C=O) groups is 1. The highest BCUT2D eigenvalue weighted by Crippen LogP contribution is 2.28. The number of nitrogens with zero attached hydrogens (tertiary/aromatic N) is 3. The zero-order valence-corrected chi connectivity index (χ0v) is 18.0. The molecule has 0 bridgehead atoms. The molecule has 1 amide bonds. The van der Waals surface area contributed by atoms with Crippen LogP contribution in [-0.4, -0.2) is 42.0 Å². The van der Waals surface area contributed by atoms with Crippen LogP contribution in [-0.2, 0) is 6.61 Å². The van der Waals surface area contributed by atoms with Gasteiger partial charge in [0.1, 0.15) is 23.7 Å². The molecule has 1 aliphatic rings. The lowest BCUT2D eigenvalue weighted by Gasteiger charge is -2.35. The van der Waals surface area contributed by atoms with Crippen molar-refractivity contribution in [2.45, 2.75) is 13.5 Å². The average molecular weight is 428 g/mol. The summed E-state index contributed by atoms with van der Waals surface area (Å²) in [6.07, 6.45) is 1.53. The van der Waals surface area contributed by atoms with Gasteiger partial charge in [0, 0.05) is 31.6 Å². The fourth-order valence-electron chi connectivity index (χ4n) is 4.02. The second-order valence-electron chi connectivity index (χ2n) is 7.97. The van der Waals surface area contributed by atoms with Crippen molar-refractivity contribution in [2.24, 2.45) is 0 Å². The number of para-hydroxylation sites is 1. The summed E-state index contributed by atoms with van der Waals surface area (Å²) >= 11 is 0. The quantitative estimate of drug-likeness (QED) is 0.463. The lowest BCUT2D eigenvalue weighted by atomic mass is 10.1. The van der Waals surface area contributed by atoms with Crippen LogP contribution in [0.5, 0.6) is 5.75 Å². The van der Waals surface area contributed by atoms with Crippen LogP contribution < -0.4 is 9.64 Å². The first kappa shape index (κ1) is 20.1. The SMILES string of the molecule is Cc1ccccc1COc1cccc2ccc(N3CCN(C(=O)c4ccco4)CC3)nc12. The number of furan rings is 1. The number of aromatic nitrogens is 1. The number of amides is 1. The van der Waals surface area contributed by atoms with Crippen molar-refractivity contribution in [2.75, 3.05) is 31.1 Å². The van der Waals surface area contributed by atoms with Gasteiger partial charge in [-0.2, -0.15) is 0 Å². The van der Waals surface area contributed by atoms with Crippen LogP contribution in [0.2, 0.25) is 0 Å². The summed E-state index contributed by atoms with van der Waals surface area (Å²) in [7, 11) is 0. The maximum atomic E-state index is 12.5. The predicted molar refractivity (Wildman–Crippen MR) is 124 cm³/mol. The second-order valence-corrected chi connectivity index (χ2v) is 7.97. The lowest BCUT2D eigenvalue weighted by Crippen LogP contribution is -2.49. The third-order valence-corrected chi connectivity index (χ3v) is 5.94. The van der Waals surface area contributed by atoms with E-state index in [-0.39, 0.29) is 5.91 Å². The Morgan fingerprint density at radius 1 is 0.969 bits per heavy atom. The Labute approximate surface area is 187 Å². The van der Waals surface area contributed by atoms with Crippen molar-refractivity contribution in [3.05, 3.63) is 89.9 Å². The number of benzene rings is 2. The molecule has 1 saturated heterocycles. The normalized spacial score (nSPS) is 14.0. The average Bonchev–Trinajstić information content (AvgIpc) is 3.38. The van der Waals surface area contributed by atoms with Gasteiger partial charge >= 0.3 is 0 Å². The summed E-state index contributed by atoms with van der Waals surface area (Å²) in [6, 6.07) is 21.8. The maximum absolute atomic E-state index is 12.5. The van der Waals surface area contributed by atoms with E-state index >= 15 is 0 Å². The van der Waals surface area contributed by atoms with Crippen molar-refractivity contribution in [3.8, 4) is 5.75 Å². The number of piperazine rings is 1.